The second kappa shape index (κ2) is 3.25. The highest BCUT2D eigenvalue weighted by atomic mass is 19.3. The fraction of sp³-hybridized carbons (Fsp3) is 1.00. The summed E-state index contributed by atoms with van der Waals surface area (Å²) in [7, 11) is 0. The average molecular weight is 151 g/mol. The van der Waals surface area contributed by atoms with Gasteiger partial charge in [-0.15, -0.1) is 0 Å². The van der Waals surface area contributed by atoms with E-state index >= 15 is 0 Å². The quantitative estimate of drug-likeness (QED) is 0.603. The molecule has 4 heteroatoms. The molecule has 0 saturated carbocycles. The van der Waals surface area contributed by atoms with E-state index in [-0.39, 0.29) is 6.23 Å². The first-order valence-electron chi connectivity index (χ1n) is 3.37. The number of hydrogen-bond donors (Lipinski definition) is 1. The third-order valence-electron chi connectivity index (χ3n) is 1.52. The maximum Gasteiger partial charge on any atom is 0.264 e. The van der Waals surface area contributed by atoms with E-state index in [2.05, 4.69) is 5.32 Å². The van der Waals surface area contributed by atoms with Crippen molar-refractivity contribution < 1.29 is 13.5 Å². The summed E-state index contributed by atoms with van der Waals surface area (Å²) in [5.74, 6) is 0. The molecule has 1 rings (SSSR count). The summed E-state index contributed by atoms with van der Waals surface area (Å²) in [5.41, 5.74) is 0. The van der Waals surface area contributed by atoms with Gasteiger partial charge in [0, 0.05) is 6.54 Å². The monoisotopic (exact) mass is 151 g/mol. The second-order valence-electron chi connectivity index (χ2n) is 2.39. The van der Waals surface area contributed by atoms with Gasteiger partial charge in [0.15, 0.2) is 0 Å². The Morgan fingerprint density at radius 3 is 2.70 bits per heavy atom. The van der Waals surface area contributed by atoms with Crippen molar-refractivity contribution in [3.63, 3.8) is 0 Å². The van der Waals surface area contributed by atoms with Crippen molar-refractivity contribution in [1.82, 2.24) is 5.32 Å². The third-order valence-corrected chi connectivity index (χ3v) is 1.52. The molecule has 1 N–H and O–H groups in total. The van der Waals surface area contributed by atoms with Crippen molar-refractivity contribution in [3.05, 3.63) is 0 Å². The minimum Gasteiger partial charge on any atom is -0.354 e. The van der Waals surface area contributed by atoms with Crippen LogP contribution >= 0.6 is 0 Å². The lowest BCUT2D eigenvalue weighted by Crippen LogP contribution is -2.43. The van der Waals surface area contributed by atoms with Crippen molar-refractivity contribution >= 4 is 0 Å². The molecular formula is C6H11F2NO. The van der Waals surface area contributed by atoms with Crippen LogP contribution in [0.1, 0.15) is 13.3 Å². The molecule has 10 heavy (non-hydrogen) atoms. The lowest BCUT2D eigenvalue weighted by atomic mass is 10.2. The molecule has 1 aliphatic rings. The van der Waals surface area contributed by atoms with Gasteiger partial charge in [0.2, 0.25) is 0 Å². The SMILES string of the molecule is CC1NCCC(C(F)F)O1. The molecule has 1 aliphatic heterocycles. The first-order chi connectivity index (χ1) is 4.70. The number of alkyl halides is 2. The highest BCUT2D eigenvalue weighted by molar-refractivity contribution is 4.69. The summed E-state index contributed by atoms with van der Waals surface area (Å²) in [6.45, 7) is 2.35. The summed E-state index contributed by atoms with van der Waals surface area (Å²) in [5, 5.41) is 2.91. The minimum absolute atomic E-state index is 0.229. The average Bonchev–Trinajstić information content (AvgIpc) is 1.88. The Hall–Kier alpha value is -0.220. The van der Waals surface area contributed by atoms with Crippen LogP contribution in [0, 0.1) is 0 Å². The van der Waals surface area contributed by atoms with Gasteiger partial charge in [0.25, 0.3) is 6.43 Å². The molecule has 0 aromatic heterocycles. The van der Waals surface area contributed by atoms with E-state index in [0.29, 0.717) is 13.0 Å². The number of hydrogen-bond acceptors (Lipinski definition) is 2. The highest BCUT2D eigenvalue weighted by Gasteiger charge is 2.26. The van der Waals surface area contributed by atoms with Gasteiger partial charge in [0.05, 0.1) is 0 Å². The van der Waals surface area contributed by atoms with Gasteiger partial charge in [0.1, 0.15) is 12.3 Å². The standard InChI is InChI=1S/C6H11F2NO/c1-4-9-3-2-5(10-4)6(7)8/h4-6,9H,2-3H2,1H3. The molecule has 0 amide bonds. The van der Waals surface area contributed by atoms with Crippen molar-refractivity contribution in [2.45, 2.75) is 32.1 Å². The van der Waals surface area contributed by atoms with Crippen molar-refractivity contribution in [3.8, 4) is 0 Å². The van der Waals surface area contributed by atoms with Gasteiger partial charge >= 0.3 is 0 Å². The van der Waals surface area contributed by atoms with Crippen LogP contribution in [0.25, 0.3) is 0 Å². The van der Waals surface area contributed by atoms with Gasteiger partial charge in [-0.2, -0.15) is 0 Å². The molecule has 2 unspecified atom stereocenters. The smallest absolute Gasteiger partial charge is 0.264 e. The number of nitrogens with one attached hydrogen (secondary N) is 1. The van der Waals surface area contributed by atoms with Gasteiger partial charge < -0.3 is 4.74 Å². The summed E-state index contributed by atoms with van der Waals surface area (Å²) in [4.78, 5) is 0. The minimum atomic E-state index is -2.34. The third kappa shape index (κ3) is 1.88. The molecule has 60 valence electrons. The van der Waals surface area contributed by atoms with Gasteiger partial charge in [-0.1, -0.05) is 0 Å². The van der Waals surface area contributed by atoms with Crippen LogP contribution in [0.15, 0.2) is 0 Å². The normalized spacial score (nSPS) is 34.8. The largest absolute Gasteiger partial charge is 0.354 e. The van der Waals surface area contributed by atoms with Crippen LogP contribution in [0.5, 0.6) is 0 Å². The van der Waals surface area contributed by atoms with E-state index in [4.69, 9.17) is 4.74 Å². The Bertz CT molecular complexity index is 110. The number of rotatable bonds is 1. The molecular weight excluding hydrogens is 140 g/mol. The number of ether oxygens (including phenoxy) is 1. The highest BCUT2D eigenvalue weighted by Crippen LogP contribution is 2.14. The predicted molar refractivity (Wildman–Crippen MR) is 33.0 cm³/mol. The zero-order valence-electron chi connectivity index (χ0n) is 5.81. The lowest BCUT2D eigenvalue weighted by molar-refractivity contribution is -0.118. The van der Waals surface area contributed by atoms with Gasteiger partial charge in [-0.25, -0.2) is 8.78 Å². The summed E-state index contributed by atoms with van der Waals surface area (Å²) < 4.78 is 28.8. The first kappa shape index (κ1) is 7.88. The molecule has 0 radical (unpaired) electrons. The lowest BCUT2D eigenvalue weighted by Gasteiger charge is -2.27. The van der Waals surface area contributed by atoms with Crippen LogP contribution in [0.2, 0.25) is 0 Å². The molecule has 0 aromatic carbocycles. The Kier molecular flexibility index (Phi) is 2.56. The van der Waals surface area contributed by atoms with Crippen LogP contribution in [0.3, 0.4) is 0 Å². The van der Waals surface area contributed by atoms with Crippen LogP contribution in [0.4, 0.5) is 8.78 Å². The Morgan fingerprint density at radius 2 is 2.30 bits per heavy atom. The van der Waals surface area contributed by atoms with Gasteiger partial charge in [-0.05, 0) is 13.3 Å². The maximum atomic E-state index is 11.9. The molecule has 1 saturated heterocycles. The van der Waals surface area contributed by atoms with Crippen molar-refractivity contribution in [2.75, 3.05) is 6.54 Å². The maximum absolute atomic E-state index is 11.9. The van der Waals surface area contributed by atoms with E-state index < -0.39 is 12.5 Å². The molecule has 0 bridgehead atoms. The summed E-state index contributed by atoms with van der Waals surface area (Å²) >= 11 is 0. The van der Waals surface area contributed by atoms with Crippen LogP contribution in [-0.4, -0.2) is 25.3 Å². The molecule has 2 atom stereocenters. The van der Waals surface area contributed by atoms with Crippen LogP contribution < -0.4 is 5.32 Å². The van der Waals surface area contributed by atoms with E-state index in [1.165, 1.54) is 0 Å². The Balaban J connectivity index is 2.32. The fourth-order valence-electron chi connectivity index (χ4n) is 0.993. The molecule has 0 spiro atoms. The van der Waals surface area contributed by atoms with Crippen molar-refractivity contribution in [1.29, 1.82) is 0 Å². The zero-order valence-corrected chi connectivity index (χ0v) is 5.81. The van der Waals surface area contributed by atoms with E-state index in [1.807, 2.05) is 0 Å². The van der Waals surface area contributed by atoms with Crippen molar-refractivity contribution in [2.24, 2.45) is 0 Å². The first-order valence-corrected chi connectivity index (χ1v) is 3.37. The Morgan fingerprint density at radius 1 is 1.60 bits per heavy atom. The summed E-state index contributed by atoms with van der Waals surface area (Å²) in [6.07, 6.45) is -3.03. The van der Waals surface area contributed by atoms with E-state index in [1.54, 1.807) is 6.92 Å². The van der Waals surface area contributed by atoms with Gasteiger partial charge in [-0.3, -0.25) is 5.32 Å². The summed E-state index contributed by atoms with van der Waals surface area (Å²) in [6, 6.07) is 0. The fourth-order valence-corrected chi connectivity index (χ4v) is 0.993. The zero-order chi connectivity index (χ0) is 7.56. The Labute approximate surface area is 58.6 Å². The van der Waals surface area contributed by atoms with Crippen LogP contribution in [-0.2, 0) is 4.74 Å². The van der Waals surface area contributed by atoms with E-state index in [9.17, 15) is 8.78 Å². The molecule has 1 heterocycles. The second-order valence-corrected chi connectivity index (χ2v) is 2.39. The topological polar surface area (TPSA) is 21.3 Å². The van der Waals surface area contributed by atoms with E-state index in [0.717, 1.165) is 0 Å². The molecule has 2 nitrogen and oxygen atoms in total. The number of halogens is 2. The molecule has 0 aromatic rings. The molecule has 0 aliphatic carbocycles. The predicted octanol–water partition coefficient (Wildman–Crippen LogP) is 0.976. The molecule has 1 fully saturated rings.